The summed E-state index contributed by atoms with van der Waals surface area (Å²) in [4.78, 5) is 41.9. The Balaban J connectivity index is 0.000000268. The zero-order valence-corrected chi connectivity index (χ0v) is 57.6. The first-order valence-electron chi connectivity index (χ1n) is 31.0. The van der Waals surface area contributed by atoms with Crippen LogP contribution in [0.15, 0.2) is 115 Å². The maximum Gasteiger partial charge on any atom is 0.262 e. The molecule has 0 saturated heterocycles. The molecule has 9 rings (SSSR count). The molecule has 2 atom stereocenters. The number of allylic oxidation sites excluding steroid dienone is 3. The van der Waals surface area contributed by atoms with Gasteiger partial charge in [-0.3, -0.25) is 14.4 Å². The summed E-state index contributed by atoms with van der Waals surface area (Å²) in [6.45, 7) is 33.2. The lowest BCUT2D eigenvalue weighted by atomic mass is 9.85. The number of rotatable bonds is 17. The SMILES string of the molecule is C.C=C(CC(C)C)c1ccccc1NC(=O)c1c(C)nn(C)c1F.CC(=CC(C)C)c1ccccc1NC(=O)c1c(C)nn(C)c1F.Cc1nn(C)c(F)c1C(=O)Nc1ccccc1C(C)(O)CC(C)C.Cc1nn(C)c(F)c1C1=Nc2ccccc2C(C)(CC(C)C)O1.[B]. The molecular weight excluding hydrogens is 1210 g/mol. The minimum atomic E-state index is -1.10. The summed E-state index contributed by atoms with van der Waals surface area (Å²) in [5.41, 5.74) is 8.26. The number of halogens is 4. The van der Waals surface area contributed by atoms with Crippen molar-refractivity contribution in [2.24, 2.45) is 56.9 Å². The van der Waals surface area contributed by atoms with Crippen LogP contribution in [0.4, 0.5) is 40.3 Å². The van der Waals surface area contributed by atoms with E-state index in [9.17, 15) is 37.1 Å². The first-order chi connectivity index (χ1) is 43.6. The van der Waals surface area contributed by atoms with Gasteiger partial charge in [0.15, 0.2) is 0 Å². The molecule has 5 heterocycles. The third-order valence-electron chi connectivity index (χ3n) is 15.3. The van der Waals surface area contributed by atoms with Crippen LogP contribution in [-0.2, 0) is 44.1 Å². The van der Waals surface area contributed by atoms with E-state index >= 15 is 0 Å². The van der Waals surface area contributed by atoms with Gasteiger partial charge in [0.05, 0.1) is 34.1 Å². The summed E-state index contributed by atoms with van der Waals surface area (Å²) in [6, 6.07) is 29.9. The van der Waals surface area contributed by atoms with Crippen molar-refractivity contribution < 1.29 is 41.8 Å². The number of anilines is 3. The Bertz CT molecular complexity index is 4080. The fourth-order valence-corrected chi connectivity index (χ4v) is 11.5. The van der Waals surface area contributed by atoms with Crippen molar-refractivity contribution >= 4 is 65.9 Å². The van der Waals surface area contributed by atoms with E-state index in [2.05, 4.69) is 95.5 Å². The van der Waals surface area contributed by atoms with Crippen LogP contribution in [0.2, 0.25) is 0 Å². The number of carbonyl (C=O) groups is 3. The fourth-order valence-electron chi connectivity index (χ4n) is 11.5. The predicted octanol–water partition coefficient (Wildman–Crippen LogP) is 16.2. The zero-order valence-electron chi connectivity index (χ0n) is 57.6. The second-order valence-corrected chi connectivity index (χ2v) is 25.5. The molecule has 4 aromatic carbocycles. The molecular formula is C73H94BF4N12O5. The van der Waals surface area contributed by atoms with E-state index in [1.807, 2.05) is 94.4 Å². The van der Waals surface area contributed by atoms with Crippen LogP contribution in [0.5, 0.6) is 0 Å². The molecule has 17 nitrogen and oxygen atoms in total. The van der Waals surface area contributed by atoms with E-state index in [1.165, 1.54) is 25.8 Å². The van der Waals surface area contributed by atoms with Gasteiger partial charge in [-0.1, -0.05) is 148 Å². The second kappa shape index (κ2) is 33.3. The number of hydrogen-bond acceptors (Lipinski definition) is 10. The van der Waals surface area contributed by atoms with Crippen molar-refractivity contribution in [3.63, 3.8) is 0 Å². The van der Waals surface area contributed by atoms with Crippen LogP contribution in [0.1, 0.15) is 185 Å². The molecule has 0 saturated carbocycles. The number of hydrogen-bond donors (Lipinski definition) is 4. The molecule has 2 unspecified atom stereocenters. The van der Waals surface area contributed by atoms with Gasteiger partial charge in [-0.25, -0.2) is 23.7 Å². The number of aryl methyl sites for hydroxylation is 8. The molecule has 4 N–H and O–H groups in total. The van der Waals surface area contributed by atoms with Crippen molar-refractivity contribution in [3.8, 4) is 0 Å². The number of nitrogens with one attached hydrogen (secondary N) is 3. The third-order valence-corrected chi connectivity index (χ3v) is 15.3. The highest BCUT2D eigenvalue weighted by Gasteiger charge is 2.39. The topological polar surface area (TPSA) is 200 Å². The van der Waals surface area contributed by atoms with E-state index in [1.54, 1.807) is 72.0 Å². The minimum absolute atomic E-state index is 0. The molecule has 3 amide bonds. The maximum atomic E-state index is 14.4. The zero-order chi connectivity index (χ0) is 69.1. The molecule has 95 heavy (non-hydrogen) atoms. The van der Waals surface area contributed by atoms with Gasteiger partial charge in [0, 0.05) is 75.9 Å². The number of para-hydroxylation sites is 4. The van der Waals surface area contributed by atoms with E-state index in [4.69, 9.17) is 4.74 Å². The first kappa shape index (κ1) is 78.3. The first-order valence-corrected chi connectivity index (χ1v) is 31.0. The molecule has 0 aliphatic carbocycles. The van der Waals surface area contributed by atoms with E-state index < -0.39 is 52.7 Å². The predicted molar refractivity (Wildman–Crippen MR) is 374 cm³/mol. The lowest BCUT2D eigenvalue weighted by molar-refractivity contribution is 0.0355. The van der Waals surface area contributed by atoms with Gasteiger partial charge in [-0.2, -0.15) is 38.0 Å². The van der Waals surface area contributed by atoms with E-state index in [-0.39, 0.29) is 38.4 Å². The van der Waals surface area contributed by atoms with Crippen LogP contribution in [-0.4, -0.2) is 76.3 Å². The highest BCUT2D eigenvalue weighted by Crippen LogP contribution is 2.43. The fraction of sp³-hybridized carbons (Fsp3) is 0.397. The average Bonchev–Trinajstić information content (AvgIpc) is 1.67. The van der Waals surface area contributed by atoms with Crippen molar-refractivity contribution in [1.82, 2.24) is 39.1 Å². The molecule has 8 aromatic rings. The van der Waals surface area contributed by atoms with Crippen LogP contribution < -0.4 is 16.0 Å². The van der Waals surface area contributed by atoms with Gasteiger partial charge in [0.1, 0.15) is 27.9 Å². The van der Waals surface area contributed by atoms with Crippen LogP contribution in [0.3, 0.4) is 0 Å². The van der Waals surface area contributed by atoms with Crippen LogP contribution >= 0.6 is 0 Å². The van der Waals surface area contributed by atoms with E-state index in [0.29, 0.717) is 81.0 Å². The number of aliphatic hydroxyl groups is 1. The summed E-state index contributed by atoms with van der Waals surface area (Å²) in [5, 5.41) is 35.0. The smallest absolute Gasteiger partial charge is 0.262 e. The lowest BCUT2D eigenvalue weighted by Gasteiger charge is -2.36. The highest BCUT2D eigenvalue weighted by atomic mass is 19.1. The standard InChI is InChI=1S/C18H24FN3O2.3C18H22FN3O.CH4.B/c1-11(2)10-18(4,24)13-8-6-7-9-14(13)20-17(23)15-12(3)21-22(5)16(15)19;1-11(2)10-18(4)13-8-6-7-9-14(13)20-17(23-18)15-12(3)21-22(5)16(15)19;2*1-11(2)10-12(3)14-8-6-7-9-15(14)20-18(23)16-13(4)21-22(5)17(16)19;;/h6-9,11,24H,10H2,1-5H3,(H,20,23);6-9,11H,10H2,1-5H3;6-11H,1-5H3,(H,20,23);6-9,11H,3,10H2,1-2,4-5H3,(H,20,23);1H4;. The molecule has 0 spiro atoms. The monoisotopic (exact) mass is 1310 g/mol. The van der Waals surface area contributed by atoms with Gasteiger partial charge in [0.25, 0.3) is 17.7 Å². The number of benzene rings is 4. The summed E-state index contributed by atoms with van der Waals surface area (Å²) in [5.74, 6) is -2.05. The number of amides is 3. The minimum Gasteiger partial charge on any atom is -0.466 e. The Morgan fingerprint density at radius 1 is 0.600 bits per heavy atom. The number of nitrogens with zero attached hydrogens (tertiary/aromatic N) is 9. The van der Waals surface area contributed by atoms with Gasteiger partial charge in [-0.05, 0) is 127 Å². The maximum absolute atomic E-state index is 14.4. The van der Waals surface area contributed by atoms with Crippen LogP contribution in [0.25, 0.3) is 11.1 Å². The number of aliphatic imine (C=N–C) groups is 1. The van der Waals surface area contributed by atoms with E-state index in [0.717, 1.165) is 60.4 Å². The Hall–Kier alpha value is -9.18. The quantitative estimate of drug-likeness (QED) is 0.0506. The van der Waals surface area contributed by atoms with Crippen LogP contribution in [0, 0.1) is 75.2 Å². The number of carbonyl (C=O) groups excluding carboxylic acids is 3. The number of aromatic nitrogens is 8. The Kier molecular flexibility index (Phi) is 27.4. The van der Waals surface area contributed by atoms with Gasteiger partial charge in [-0.15, -0.1) is 0 Å². The Labute approximate surface area is 559 Å². The molecule has 507 valence electrons. The molecule has 4 aromatic heterocycles. The molecule has 1 aliphatic heterocycles. The highest BCUT2D eigenvalue weighted by molar-refractivity contribution is 6.08. The molecule has 0 fully saturated rings. The van der Waals surface area contributed by atoms with Crippen molar-refractivity contribution in [1.29, 1.82) is 0 Å². The Morgan fingerprint density at radius 3 is 1.42 bits per heavy atom. The van der Waals surface area contributed by atoms with Crippen molar-refractivity contribution in [2.45, 2.75) is 142 Å². The second-order valence-electron chi connectivity index (χ2n) is 25.5. The Morgan fingerprint density at radius 2 is 1.00 bits per heavy atom. The number of ether oxygens (including phenoxy) is 1. The number of fused-ring (bicyclic) bond motifs is 1. The molecule has 0 bridgehead atoms. The van der Waals surface area contributed by atoms with Gasteiger partial charge < -0.3 is 25.8 Å². The van der Waals surface area contributed by atoms with Gasteiger partial charge >= 0.3 is 0 Å². The molecule has 22 heteroatoms. The summed E-state index contributed by atoms with van der Waals surface area (Å²) in [6.07, 6.45) is 4.32. The van der Waals surface area contributed by atoms with Crippen molar-refractivity contribution in [3.05, 3.63) is 201 Å². The van der Waals surface area contributed by atoms with Crippen molar-refractivity contribution in [2.75, 3.05) is 16.0 Å². The summed E-state index contributed by atoms with van der Waals surface area (Å²) < 4.78 is 67.2. The van der Waals surface area contributed by atoms with Gasteiger partial charge in [0.2, 0.25) is 29.7 Å². The lowest BCUT2D eigenvalue weighted by Crippen LogP contribution is -2.34. The molecule has 1 aliphatic rings. The summed E-state index contributed by atoms with van der Waals surface area (Å²) >= 11 is 0. The molecule has 3 radical (unpaired) electrons. The normalized spacial score (nSPS) is 13.9. The average molecular weight is 1310 g/mol. The third kappa shape index (κ3) is 19.3. The summed E-state index contributed by atoms with van der Waals surface area (Å²) in [7, 11) is 5.97. The largest absolute Gasteiger partial charge is 0.466 e.